The maximum Gasteiger partial charge on any atom is 0.0524 e. The number of aromatic amines is 1. The van der Waals surface area contributed by atoms with Crippen LogP contribution in [0.3, 0.4) is 0 Å². The van der Waals surface area contributed by atoms with Gasteiger partial charge in [-0.2, -0.15) is 0 Å². The molecule has 2 heteroatoms. The van der Waals surface area contributed by atoms with Gasteiger partial charge in [-0.15, -0.1) is 0 Å². The Morgan fingerprint density at radius 3 is 2.50 bits per heavy atom. The predicted molar refractivity (Wildman–Crippen MR) is 142 cm³/mol. The summed E-state index contributed by atoms with van der Waals surface area (Å²) in [5.41, 5.74) is 6.78. The summed E-state index contributed by atoms with van der Waals surface area (Å²) in [6.45, 7) is 17.8. The molecule has 1 N–H and O–H groups in total. The van der Waals surface area contributed by atoms with Gasteiger partial charge in [-0.05, 0) is 60.6 Å². The van der Waals surface area contributed by atoms with Gasteiger partial charge in [-0.1, -0.05) is 91.6 Å². The van der Waals surface area contributed by atoms with E-state index in [1.165, 1.54) is 66.6 Å². The number of nitrogens with one attached hydrogen (secondary N) is 1. The zero-order chi connectivity index (χ0) is 23.5. The van der Waals surface area contributed by atoms with Crippen LogP contribution in [0.1, 0.15) is 114 Å². The smallest absolute Gasteiger partial charge is 0.0524 e. The molecule has 2 nitrogen and oxygen atoms in total. The van der Waals surface area contributed by atoms with Crippen LogP contribution in [0.25, 0.3) is 0 Å². The van der Waals surface area contributed by atoms with Crippen molar-refractivity contribution in [1.29, 1.82) is 0 Å². The molecule has 1 aromatic carbocycles. The lowest BCUT2D eigenvalue weighted by molar-refractivity contribution is 0.414. The highest BCUT2D eigenvalue weighted by molar-refractivity contribution is 6.03. The van der Waals surface area contributed by atoms with E-state index in [4.69, 9.17) is 4.99 Å². The molecule has 2 aromatic rings. The van der Waals surface area contributed by atoms with E-state index < -0.39 is 0 Å². The van der Waals surface area contributed by atoms with Gasteiger partial charge in [0.1, 0.15) is 0 Å². The molecule has 0 spiro atoms. The first-order valence-corrected chi connectivity index (χ1v) is 12.9. The second-order valence-corrected chi connectivity index (χ2v) is 9.61. The largest absolute Gasteiger partial charge is 0.364 e. The Morgan fingerprint density at radius 1 is 1.06 bits per heavy atom. The number of aliphatic imine (C=N–C) groups is 1. The van der Waals surface area contributed by atoms with E-state index in [9.17, 15) is 0 Å². The standard InChI is InChI=1S/C30H46N2/c1-8-14-25-16-13-18-27(21-25)26(10-3)17-12-15-23(6)24(7)30(31-11-4)28-19-20-32-29(28)22(5)9-2/h11,13,16,18-24,26,32H,4,8-10,12,14-15,17H2,1-3,5-7H3/b31-30-. The lowest BCUT2D eigenvalue weighted by Crippen LogP contribution is -2.21. The first kappa shape index (κ1) is 26.2. The van der Waals surface area contributed by atoms with Gasteiger partial charge in [-0.3, -0.25) is 4.99 Å². The van der Waals surface area contributed by atoms with Gasteiger partial charge in [0, 0.05) is 29.6 Å². The Labute approximate surface area is 197 Å². The molecule has 1 aromatic heterocycles. The average Bonchev–Trinajstić information content (AvgIpc) is 3.29. The second-order valence-electron chi connectivity index (χ2n) is 9.61. The molecule has 4 unspecified atom stereocenters. The highest BCUT2D eigenvalue weighted by Gasteiger charge is 2.24. The Hall–Kier alpha value is -2.09. The van der Waals surface area contributed by atoms with E-state index in [0.717, 1.165) is 6.42 Å². The first-order chi connectivity index (χ1) is 15.5. The molecule has 0 aliphatic heterocycles. The number of H-pyrrole nitrogens is 1. The van der Waals surface area contributed by atoms with Gasteiger partial charge < -0.3 is 4.98 Å². The summed E-state index contributed by atoms with van der Waals surface area (Å²) in [5, 5.41) is 0. The molecule has 0 bridgehead atoms. The lowest BCUT2D eigenvalue weighted by Gasteiger charge is -2.24. The van der Waals surface area contributed by atoms with Crippen molar-refractivity contribution < 1.29 is 0 Å². The normalized spacial score (nSPS) is 15.9. The Balaban J connectivity index is 2.03. The number of rotatable bonds is 14. The fourth-order valence-corrected chi connectivity index (χ4v) is 4.85. The Morgan fingerprint density at radius 2 is 1.84 bits per heavy atom. The SMILES string of the molecule is C=C/N=C(\c1cc[nH]c1C(C)CC)C(C)C(C)CCCC(CC)c1cccc(CCC)c1. The minimum Gasteiger partial charge on any atom is -0.364 e. The van der Waals surface area contributed by atoms with Gasteiger partial charge in [0.25, 0.3) is 0 Å². The molecular weight excluding hydrogens is 388 g/mol. The van der Waals surface area contributed by atoms with Crippen LogP contribution in [0.4, 0.5) is 0 Å². The molecule has 1 heterocycles. The summed E-state index contributed by atoms with van der Waals surface area (Å²) in [7, 11) is 0. The molecule has 0 radical (unpaired) electrons. The van der Waals surface area contributed by atoms with Crippen molar-refractivity contribution >= 4 is 5.71 Å². The summed E-state index contributed by atoms with van der Waals surface area (Å²) in [6.07, 6.45) is 12.3. The molecule has 176 valence electrons. The van der Waals surface area contributed by atoms with E-state index in [1.807, 2.05) is 0 Å². The number of aromatic nitrogens is 1. The number of hydrogen-bond acceptors (Lipinski definition) is 1. The summed E-state index contributed by atoms with van der Waals surface area (Å²) in [6, 6.07) is 11.5. The molecule has 0 saturated heterocycles. The van der Waals surface area contributed by atoms with Crippen LogP contribution in [-0.4, -0.2) is 10.7 Å². The van der Waals surface area contributed by atoms with Crippen LogP contribution in [0.2, 0.25) is 0 Å². The fourth-order valence-electron chi connectivity index (χ4n) is 4.85. The first-order valence-electron chi connectivity index (χ1n) is 12.9. The van der Waals surface area contributed by atoms with Crippen LogP contribution < -0.4 is 0 Å². The van der Waals surface area contributed by atoms with Gasteiger partial charge in [0.05, 0.1) is 5.71 Å². The Kier molecular flexibility index (Phi) is 11.0. The van der Waals surface area contributed by atoms with Crippen molar-refractivity contribution in [2.45, 2.75) is 98.3 Å². The van der Waals surface area contributed by atoms with Crippen molar-refractivity contribution in [3.63, 3.8) is 0 Å². The monoisotopic (exact) mass is 434 g/mol. The van der Waals surface area contributed by atoms with Crippen molar-refractivity contribution in [3.8, 4) is 0 Å². The third-order valence-corrected chi connectivity index (χ3v) is 7.34. The predicted octanol–water partition coefficient (Wildman–Crippen LogP) is 9.05. The highest BCUT2D eigenvalue weighted by Crippen LogP contribution is 2.31. The number of nitrogens with zero attached hydrogens (tertiary/aromatic N) is 1. The summed E-state index contributed by atoms with van der Waals surface area (Å²) in [4.78, 5) is 8.23. The van der Waals surface area contributed by atoms with Gasteiger partial charge >= 0.3 is 0 Å². The maximum atomic E-state index is 4.76. The molecular formula is C30H46N2. The van der Waals surface area contributed by atoms with Gasteiger partial charge in [0.15, 0.2) is 0 Å². The van der Waals surface area contributed by atoms with Gasteiger partial charge in [-0.25, -0.2) is 0 Å². The zero-order valence-corrected chi connectivity index (χ0v) is 21.5. The molecule has 0 aliphatic rings. The average molecular weight is 435 g/mol. The minimum absolute atomic E-state index is 0.402. The molecule has 4 atom stereocenters. The van der Waals surface area contributed by atoms with E-state index in [-0.39, 0.29) is 0 Å². The lowest BCUT2D eigenvalue weighted by atomic mass is 9.82. The van der Waals surface area contributed by atoms with Crippen molar-refractivity contribution in [3.05, 3.63) is 71.7 Å². The number of hydrogen-bond donors (Lipinski definition) is 1. The molecule has 0 saturated carbocycles. The minimum atomic E-state index is 0.402. The number of aryl methyl sites for hydroxylation is 1. The highest BCUT2D eigenvalue weighted by atomic mass is 14.8. The van der Waals surface area contributed by atoms with Crippen molar-refractivity contribution in [1.82, 2.24) is 4.98 Å². The van der Waals surface area contributed by atoms with Gasteiger partial charge in [0.2, 0.25) is 0 Å². The van der Waals surface area contributed by atoms with Crippen LogP contribution in [0.5, 0.6) is 0 Å². The topological polar surface area (TPSA) is 28.1 Å². The summed E-state index contributed by atoms with van der Waals surface area (Å²) < 4.78 is 0. The van der Waals surface area contributed by atoms with Crippen LogP contribution in [-0.2, 0) is 6.42 Å². The quantitative estimate of drug-likeness (QED) is 0.287. The molecule has 0 amide bonds. The zero-order valence-electron chi connectivity index (χ0n) is 21.5. The molecule has 0 aliphatic carbocycles. The van der Waals surface area contributed by atoms with Crippen molar-refractivity contribution in [2.75, 3.05) is 0 Å². The third kappa shape index (κ3) is 6.95. The third-order valence-electron chi connectivity index (χ3n) is 7.34. The van der Waals surface area contributed by atoms with Crippen molar-refractivity contribution in [2.24, 2.45) is 16.8 Å². The van der Waals surface area contributed by atoms with Crippen LogP contribution in [0, 0.1) is 11.8 Å². The fraction of sp³-hybridized carbons (Fsp3) is 0.567. The molecule has 0 fully saturated rings. The van der Waals surface area contributed by atoms with E-state index >= 15 is 0 Å². The second kappa shape index (κ2) is 13.5. The van der Waals surface area contributed by atoms with E-state index in [1.54, 1.807) is 6.20 Å². The van der Waals surface area contributed by atoms with Crippen LogP contribution >= 0.6 is 0 Å². The van der Waals surface area contributed by atoms with Crippen LogP contribution in [0.15, 0.2) is 54.3 Å². The van der Waals surface area contributed by atoms with E-state index in [2.05, 4.69) is 89.6 Å². The van der Waals surface area contributed by atoms with E-state index in [0.29, 0.717) is 23.7 Å². The Bertz CT molecular complexity index is 844. The summed E-state index contributed by atoms with van der Waals surface area (Å²) >= 11 is 0. The molecule has 32 heavy (non-hydrogen) atoms. The summed E-state index contributed by atoms with van der Waals surface area (Å²) in [5.74, 6) is 2.15. The number of benzene rings is 1. The maximum absolute atomic E-state index is 4.76. The molecule has 2 rings (SSSR count).